The Morgan fingerprint density at radius 3 is 1.83 bits per heavy atom. The molecule has 3 heterocycles. The summed E-state index contributed by atoms with van der Waals surface area (Å²) in [5.41, 5.74) is 0.703. The Kier molecular flexibility index (Phi) is 8.03. The van der Waals surface area contributed by atoms with Gasteiger partial charge in [-0.3, -0.25) is 0 Å². The summed E-state index contributed by atoms with van der Waals surface area (Å²) in [5, 5.41) is 0. The van der Waals surface area contributed by atoms with Crippen LogP contribution >= 0.6 is 0 Å². The highest BCUT2D eigenvalue weighted by molar-refractivity contribution is 4.91. The van der Waals surface area contributed by atoms with E-state index in [1.807, 2.05) is 13.8 Å². The molecule has 3 fully saturated rings. The van der Waals surface area contributed by atoms with Gasteiger partial charge in [-0.1, -0.05) is 13.8 Å². The summed E-state index contributed by atoms with van der Waals surface area (Å²) in [7, 11) is 2.27. The summed E-state index contributed by atoms with van der Waals surface area (Å²) in [5.74, 6) is 0.966. The number of rotatable bonds is 3. The molecule has 0 bridgehead atoms. The zero-order chi connectivity index (χ0) is 17.6. The van der Waals surface area contributed by atoms with Gasteiger partial charge in [0.05, 0.1) is 0 Å². The van der Waals surface area contributed by atoms with Crippen molar-refractivity contribution >= 4 is 0 Å². The molecule has 3 nitrogen and oxygen atoms in total. The lowest BCUT2D eigenvalue weighted by molar-refractivity contribution is 0.0180. The average molecular weight is 338 g/mol. The van der Waals surface area contributed by atoms with Crippen LogP contribution in [0.3, 0.4) is 0 Å². The fourth-order valence-corrected chi connectivity index (χ4v) is 4.83. The largest absolute Gasteiger partial charge is 0.306 e. The second-order valence-electron chi connectivity index (χ2n) is 8.68. The zero-order valence-corrected chi connectivity index (χ0v) is 17.2. The first-order valence-corrected chi connectivity index (χ1v) is 10.7. The highest BCUT2D eigenvalue weighted by Gasteiger charge is 2.38. The maximum atomic E-state index is 2.79. The van der Waals surface area contributed by atoms with Crippen molar-refractivity contribution in [1.29, 1.82) is 0 Å². The minimum atomic E-state index is 0.703. The molecule has 3 aliphatic heterocycles. The average Bonchev–Trinajstić information content (AvgIpc) is 2.61. The number of hydrogen-bond donors (Lipinski definition) is 0. The Morgan fingerprint density at radius 1 is 0.833 bits per heavy atom. The first kappa shape index (κ1) is 20.2. The highest BCUT2D eigenvalue weighted by atomic mass is 15.2. The molecule has 0 aromatic heterocycles. The van der Waals surface area contributed by atoms with Crippen molar-refractivity contribution in [2.45, 2.75) is 72.3 Å². The smallest absolute Gasteiger partial charge is 0.00385 e. The molecule has 0 aromatic rings. The first-order valence-electron chi connectivity index (χ1n) is 10.7. The van der Waals surface area contributed by atoms with Gasteiger partial charge in [-0.05, 0) is 110 Å². The van der Waals surface area contributed by atoms with Gasteiger partial charge in [-0.2, -0.15) is 0 Å². The van der Waals surface area contributed by atoms with Crippen LogP contribution in [0.4, 0.5) is 0 Å². The molecule has 0 unspecified atom stereocenters. The summed E-state index contributed by atoms with van der Waals surface area (Å²) in [6, 6.07) is 0.738. The molecule has 1 spiro atoms. The Hall–Kier alpha value is -0.120. The van der Waals surface area contributed by atoms with Crippen LogP contribution in [0.15, 0.2) is 0 Å². The minimum absolute atomic E-state index is 0.703. The van der Waals surface area contributed by atoms with E-state index in [1.54, 1.807) is 0 Å². The van der Waals surface area contributed by atoms with Crippen LogP contribution in [-0.2, 0) is 0 Å². The van der Waals surface area contributed by atoms with Crippen LogP contribution in [0.5, 0.6) is 0 Å². The lowest BCUT2D eigenvalue weighted by Gasteiger charge is -2.48. The van der Waals surface area contributed by atoms with E-state index in [0.29, 0.717) is 5.41 Å². The lowest BCUT2D eigenvalue weighted by Crippen LogP contribution is -2.49. The van der Waals surface area contributed by atoms with E-state index in [1.165, 1.54) is 84.3 Å². The lowest BCUT2D eigenvalue weighted by atomic mass is 9.71. The van der Waals surface area contributed by atoms with Crippen molar-refractivity contribution in [3.63, 3.8) is 0 Å². The molecular formula is C21H43N3. The zero-order valence-electron chi connectivity index (χ0n) is 17.2. The van der Waals surface area contributed by atoms with Gasteiger partial charge >= 0.3 is 0 Å². The Bertz CT molecular complexity index is 329. The molecule has 3 heteroatoms. The summed E-state index contributed by atoms with van der Waals surface area (Å²) < 4.78 is 0. The van der Waals surface area contributed by atoms with E-state index in [-0.39, 0.29) is 0 Å². The normalized spacial score (nSPS) is 27.2. The number of likely N-dealkylation sites (tertiary alicyclic amines) is 3. The molecule has 3 aliphatic rings. The molecule has 0 aromatic carbocycles. The molecule has 0 saturated carbocycles. The predicted molar refractivity (Wildman–Crippen MR) is 106 cm³/mol. The fraction of sp³-hybridized carbons (Fsp3) is 1.00. The number of nitrogens with zero attached hydrogens (tertiary/aromatic N) is 3. The van der Waals surface area contributed by atoms with Crippen LogP contribution in [-0.4, -0.2) is 73.6 Å². The fourth-order valence-electron chi connectivity index (χ4n) is 4.83. The Labute approximate surface area is 151 Å². The van der Waals surface area contributed by atoms with Crippen LogP contribution in [0.25, 0.3) is 0 Å². The van der Waals surface area contributed by atoms with Gasteiger partial charge in [0.2, 0.25) is 0 Å². The molecule has 0 amide bonds. The second kappa shape index (κ2) is 9.54. The standard InChI is InChI=1S/C19H37N3.C2H6/c1-17(2)22-14-8-19(9-15-22)6-12-21(13-7-19)16-18-4-10-20(3)11-5-18;1-2/h17-18H,4-16H2,1-3H3;1-2H3. The third-order valence-electron chi connectivity index (χ3n) is 6.86. The SMILES string of the molecule is CC.CC(C)N1CCC2(CCN(CC3CCN(C)CC3)CC2)CC1. The predicted octanol–water partition coefficient (Wildman–Crippen LogP) is 3.94. The molecule has 0 N–H and O–H groups in total. The van der Waals surface area contributed by atoms with E-state index in [2.05, 4.69) is 35.6 Å². The number of hydrogen-bond acceptors (Lipinski definition) is 3. The van der Waals surface area contributed by atoms with Crippen LogP contribution in [0.2, 0.25) is 0 Å². The van der Waals surface area contributed by atoms with E-state index >= 15 is 0 Å². The molecule has 0 atom stereocenters. The van der Waals surface area contributed by atoms with Crippen molar-refractivity contribution in [2.75, 3.05) is 52.9 Å². The van der Waals surface area contributed by atoms with Crippen LogP contribution < -0.4 is 0 Å². The van der Waals surface area contributed by atoms with Crippen molar-refractivity contribution < 1.29 is 0 Å². The van der Waals surface area contributed by atoms with Gasteiger partial charge in [0.15, 0.2) is 0 Å². The van der Waals surface area contributed by atoms with Gasteiger partial charge in [0.25, 0.3) is 0 Å². The van der Waals surface area contributed by atoms with Crippen LogP contribution in [0.1, 0.15) is 66.2 Å². The Morgan fingerprint density at radius 2 is 1.33 bits per heavy atom. The quantitative estimate of drug-likeness (QED) is 0.772. The monoisotopic (exact) mass is 337 g/mol. The van der Waals surface area contributed by atoms with E-state index in [4.69, 9.17) is 0 Å². The summed E-state index contributed by atoms with van der Waals surface area (Å²) in [6.45, 7) is 18.1. The van der Waals surface area contributed by atoms with Gasteiger partial charge in [-0.15, -0.1) is 0 Å². The van der Waals surface area contributed by atoms with E-state index in [0.717, 1.165) is 12.0 Å². The van der Waals surface area contributed by atoms with Gasteiger partial charge in [-0.25, -0.2) is 0 Å². The maximum Gasteiger partial charge on any atom is 0.00385 e. The van der Waals surface area contributed by atoms with Crippen molar-refractivity contribution in [1.82, 2.24) is 14.7 Å². The second-order valence-corrected chi connectivity index (χ2v) is 8.68. The molecule has 3 rings (SSSR count). The minimum Gasteiger partial charge on any atom is -0.306 e. The Balaban J connectivity index is 0.00000100. The van der Waals surface area contributed by atoms with Crippen molar-refractivity contribution in [2.24, 2.45) is 11.3 Å². The molecular weight excluding hydrogens is 294 g/mol. The van der Waals surface area contributed by atoms with Crippen LogP contribution in [0, 0.1) is 11.3 Å². The molecule has 142 valence electrons. The summed E-state index contributed by atoms with van der Waals surface area (Å²) in [4.78, 5) is 7.95. The third-order valence-corrected chi connectivity index (χ3v) is 6.86. The highest BCUT2D eigenvalue weighted by Crippen LogP contribution is 2.41. The molecule has 24 heavy (non-hydrogen) atoms. The summed E-state index contributed by atoms with van der Waals surface area (Å²) >= 11 is 0. The molecule has 0 radical (unpaired) electrons. The van der Waals surface area contributed by atoms with Crippen molar-refractivity contribution in [3.05, 3.63) is 0 Å². The molecule has 3 saturated heterocycles. The van der Waals surface area contributed by atoms with Gasteiger partial charge in [0, 0.05) is 12.6 Å². The molecule has 0 aliphatic carbocycles. The van der Waals surface area contributed by atoms with E-state index in [9.17, 15) is 0 Å². The van der Waals surface area contributed by atoms with E-state index < -0.39 is 0 Å². The topological polar surface area (TPSA) is 9.72 Å². The third kappa shape index (κ3) is 5.44. The van der Waals surface area contributed by atoms with Crippen molar-refractivity contribution in [3.8, 4) is 0 Å². The summed E-state index contributed by atoms with van der Waals surface area (Å²) in [6.07, 6.45) is 8.67. The maximum absolute atomic E-state index is 2.79. The van der Waals surface area contributed by atoms with Gasteiger partial charge < -0.3 is 14.7 Å². The first-order chi connectivity index (χ1) is 11.6. The van der Waals surface area contributed by atoms with Gasteiger partial charge in [0.1, 0.15) is 0 Å². The number of piperidine rings is 3.